The molecule has 2 aromatic rings. The first-order chi connectivity index (χ1) is 10.6. The maximum atomic E-state index is 11.9. The second kappa shape index (κ2) is 6.98. The minimum Gasteiger partial charge on any atom is -0.497 e. The van der Waals surface area contributed by atoms with E-state index in [2.05, 4.69) is 10.5 Å². The largest absolute Gasteiger partial charge is 0.497 e. The van der Waals surface area contributed by atoms with E-state index in [1.54, 1.807) is 42.5 Å². The van der Waals surface area contributed by atoms with Gasteiger partial charge < -0.3 is 4.74 Å². The average Bonchev–Trinajstić information content (AvgIpc) is 2.55. The van der Waals surface area contributed by atoms with Crippen LogP contribution in [-0.4, -0.2) is 24.2 Å². The van der Waals surface area contributed by atoms with Gasteiger partial charge in [-0.2, -0.15) is 5.10 Å². The van der Waals surface area contributed by atoms with Crippen molar-refractivity contribution in [2.75, 3.05) is 7.11 Å². The molecule has 0 saturated heterocycles. The summed E-state index contributed by atoms with van der Waals surface area (Å²) < 4.78 is 5.00. The van der Waals surface area contributed by atoms with Crippen molar-refractivity contribution in [3.8, 4) is 5.75 Å². The van der Waals surface area contributed by atoms with Crippen molar-refractivity contribution in [2.45, 2.75) is 0 Å². The van der Waals surface area contributed by atoms with Crippen molar-refractivity contribution in [3.05, 3.63) is 69.8 Å². The lowest BCUT2D eigenvalue weighted by Gasteiger charge is -2.02. The third kappa shape index (κ3) is 3.66. The SMILES string of the molecule is COc1ccc(C(=O)N/N=C\c2ccccc2[N+](=O)[O-])cc1. The van der Waals surface area contributed by atoms with Crippen LogP contribution in [0.15, 0.2) is 53.6 Å². The smallest absolute Gasteiger partial charge is 0.278 e. The van der Waals surface area contributed by atoms with Crippen LogP contribution in [0.3, 0.4) is 0 Å². The molecule has 0 fully saturated rings. The minimum absolute atomic E-state index is 0.0788. The number of para-hydroxylation sites is 1. The van der Waals surface area contributed by atoms with Crippen molar-refractivity contribution in [1.29, 1.82) is 0 Å². The van der Waals surface area contributed by atoms with E-state index in [9.17, 15) is 14.9 Å². The first-order valence-corrected chi connectivity index (χ1v) is 6.32. The molecule has 0 unspecified atom stereocenters. The van der Waals surface area contributed by atoms with E-state index in [1.807, 2.05) is 0 Å². The normalized spacial score (nSPS) is 10.4. The van der Waals surface area contributed by atoms with Gasteiger partial charge >= 0.3 is 0 Å². The lowest BCUT2D eigenvalue weighted by atomic mass is 10.2. The van der Waals surface area contributed by atoms with Gasteiger partial charge in [0.1, 0.15) is 5.75 Å². The molecule has 7 heteroatoms. The standard InChI is InChI=1S/C15H13N3O4/c1-22-13-8-6-11(7-9-13)15(19)17-16-10-12-4-2-3-5-14(12)18(20)21/h2-10H,1H3,(H,17,19)/b16-10-. The minimum atomic E-state index is -0.507. The molecule has 0 aliphatic rings. The molecule has 22 heavy (non-hydrogen) atoms. The van der Waals surface area contributed by atoms with Gasteiger partial charge in [-0.1, -0.05) is 12.1 Å². The molecule has 0 aromatic heterocycles. The van der Waals surface area contributed by atoms with Crippen molar-refractivity contribution in [3.63, 3.8) is 0 Å². The summed E-state index contributed by atoms with van der Waals surface area (Å²) in [6.07, 6.45) is 1.24. The monoisotopic (exact) mass is 299 g/mol. The fourth-order valence-electron chi connectivity index (χ4n) is 1.73. The van der Waals surface area contributed by atoms with Gasteiger partial charge in [0.2, 0.25) is 0 Å². The summed E-state index contributed by atoms with van der Waals surface area (Å²) in [7, 11) is 1.53. The van der Waals surface area contributed by atoms with Crippen molar-refractivity contribution in [1.82, 2.24) is 5.43 Å². The highest BCUT2D eigenvalue weighted by molar-refractivity contribution is 5.95. The van der Waals surface area contributed by atoms with Gasteiger partial charge in [-0.25, -0.2) is 5.43 Å². The first kappa shape index (κ1) is 15.2. The average molecular weight is 299 g/mol. The lowest BCUT2D eigenvalue weighted by Crippen LogP contribution is -2.17. The number of hydrogen-bond acceptors (Lipinski definition) is 5. The molecule has 1 N–H and O–H groups in total. The maximum Gasteiger partial charge on any atom is 0.278 e. The molecular formula is C15H13N3O4. The Morgan fingerprint density at radius 3 is 2.55 bits per heavy atom. The van der Waals surface area contributed by atoms with E-state index >= 15 is 0 Å². The first-order valence-electron chi connectivity index (χ1n) is 6.32. The fraction of sp³-hybridized carbons (Fsp3) is 0.0667. The van der Waals surface area contributed by atoms with Crippen LogP contribution in [0.1, 0.15) is 15.9 Å². The molecule has 0 heterocycles. The van der Waals surface area contributed by atoms with Gasteiger partial charge in [0, 0.05) is 11.6 Å². The van der Waals surface area contributed by atoms with Crippen LogP contribution in [-0.2, 0) is 0 Å². The third-order valence-corrected chi connectivity index (χ3v) is 2.86. The molecule has 0 bridgehead atoms. The van der Waals surface area contributed by atoms with Gasteiger partial charge in [0.15, 0.2) is 0 Å². The van der Waals surface area contributed by atoms with Crippen LogP contribution in [0.2, 0.25) is 0 Å². The fourth-order valence-corrected chi connectivity index (χ4v) is 1.73. The van der Waals surface area contributed by atoms with Gasteiger partial charge in [-0.3, -0.25) is 14.9 Å². The Morgan fingerprint density at radius 2 is 1.91 bits per heavy atom. The highest BCUT2D eigenvalue weighted by Crippen LogP contribution is 2.15. The van der Waals surface area contributed by atoms with E-state index in [0.29, 0.717) is 16.9 Å². The number of carbonyl (C=O) groups excluding carboxylic acids is 1. The van der Waals surface area contributed by atoms with E-state index in [4.69, 9.17) is 4.74 Å². The topological polar surface area (TPSA) is 93.8 Å². The summed E-state index contributed by atoms with van der Waals surface area (Å²) in [5.74, 6) is 0.220. The third-order valence-electron chi connectivity index (χ3n) is 2.86. The molecule has 2 rings (SSSR count). The number of amides is 1. The van der Waals surface area contributed by atoms with Crippen LogP contribution >= 0.6 is 0 Å². The molecule has 0 aliphatic heterocycles. The highest BCUT2D eigenvalue weighted by Gasteiger charge is 2.10. The number of nitro groups is 1. The number of nitrogens with zero attached hydrogens (tertiary/aromatic N) is 2. The molecule has 0 radical (unpaired) electrons. The molecular weight excluding hydrogens is 286 g/mol. The molecule has 0 spiro atoms. The number of carbonyl (C=O) groups is 1. The van der Waals surface area contributed by atoms with Crippen LogP contribution in [0.25, 0.3) is 0 Å². The van der Waals surface area contributed by atoms with Gasteiger partial charge in [-0.05, 0) is 30.3 Å². The molecule has 0 atom stereocenters. The number of hydrogen-bond donors (Lipinski definition) is 1. The molecule has 7 nitrogen and oxygen atoms in total. The van der Waals surface area contributed by atoms with Crippen LogP contribution < -0.4 is 10.2 Å². The number of ether oxygens (including phenoxy) is 1. The maximum absolute atomic E-state index is 11.9. The zero-order valence-corrected chi connectivity index (χ0v) is 11.7. The van der Waals surface area contributed by atoms with E-state index < -0.39 is 10.8 Å². The Kier molecular flexibility index (Phi) is 4.81. The molecule has 1 amide bonds. The quantitative estimate of drug-likeness (QED) is 0.521. The van der Waals surface area contributed by atoms with Gasteiger partial charge in [0.25, 0.3) is 11.6 Å². The second-order valence-corrected chi connectivity index (χ2v) is 4.24. The van der Waals surface area contributed by atoms with Crippen LogP contribution in [0.4, 0.5) is 5.69 Å². The summed E-state index contributed by atoms with van der Waals surface area (Å²) in [5.41, 5.74) is 2.95. The Bertz CT molecular complexity index is 711. The molecule has 0 aliphatic carbocycles. The summed E-state index contributed by atoms with van der Waals surface area (Å²) in [4.78, 5) is 22.2. The predicted molar refractivity (Wildman–Crippen MR) is 81.2 cm³/mol. The molecule has 0 saturated carbocycles. The second-order valence-electron chi connectivity index (χ2n) is 4.24. The number of nitrogens with one attached hydrogen (secondary N) is 1. The Morgan fingerprint density at radius 1 is 1.23 bits per heavy atom. The summed E-state index contributed by atoms with van der Waals surface area (Å²) in [5, 5.41) is 14.6. The zero-order valence-electron chi connectivity index (χ0n) is 11.7. The van der Waals surface area contributed by atoms with Gasteiger partial charge in [-0.15, -0.1) is 0 Å². The van der Waals surface area contributed by atoms with E-state index in [0.717, 1.165) is 0 Å². The highest BCUT2D eigenvalue weighted by atomic mass is 16.6. The van der Waals surface area contributed by atoms with Gasteiger partial charge in [0.05, 0.1) is 23.8 Å². The van der Waals surface area contributed by atoms with Crippen LogP contribution in [0, 0.1) is 10.1 Å². The van der Waals surface area contributed by atoms with E-state index in [-0.39, 0.29) is 5.69 Å². The Labute approximate surface area is 126 Å². The Balaban J connectivity index is 2.05. The number of methoxy groups -OCH3 is 1. The molecule has 2 aromatic carbocycles. The molecule has 112 valence electrons. The number of rotatable bonds is 5. The summed E-state index contributed by atoms with van der Waals surface area (Å²) >= 11 is 0. The summed E-state index contributed by atoms with van der Waals surface area (Å²) in [6.45, 7) is 0. The predicted octanol–water partition coefficient (Wildman–Crippen LogP) is 2.37. The van der Waals surface area contributed by atoms with Crippen molar-refractivity contribution in [2.24, 2.45) is 5.10 Å². The van der Waals surface area contributed by atoms with Crippen molar-refractivity contribution < 1.29 is 14.5 Å². The number of hydrazone groups is 1. The number of benzene rings is 2. The summed E-state index contributed by atoms with van der Waals surface area (Å²) in [6, 6.07) is 12.6. The van der Waals surface area contributed by atoms with Crippen molar-refractivity contribution >= 4 is 17.8 Å². The number of nitro benzene ring substituents is 1. The zero-order chi connectivity index (χ0) is 15.9. The van der Waals surface area contributed by atoms with E-state index in [1.165, 1.54) is 19.4 Å². The lowest BCUT2D eigenvalue weighted by molar-refractivity contribution is -0.385. The Hall–Kier alpha value is -3.22. The van der Waals surface area contributed by atoms with Crippen LogP contribution in [0.5, 0.6) is 5.75 Å².